The van der Waals surface area contributed by atoms with Crippen LogP contribution >= 0.6 is 0 Å². The van der Waals surface area contributed by atoms with E-state index in [0.29, 0.717) is 0 Å². The molecule has 0 amide bonds. The van der Waals surface area contributed by atoms with Crippen molar-refractivity contribution in [2.75, 3.05) is 18.5 Å². The number of nitrogens with zero attached hydrogens (tertiary/aromatic N) is 1. The van der Waals surface area contributed by atoms with E-state index in [2.05, 4.69) is 35.4 Å². The van der Waals surface area contributed by atoms with Crippen molar-refractivity contribution >= 4 is 5.69 Å². The molecule has 0 aliphatic carbocycles. The van der Waals surface area contributed by atoms with Gasteiger partial charge in [0.05, 0.1) is 5.69 Å². The molecule has 2 heterocycles. The van der Waals surface area contributed by atoms with Gasteiger partial charge in [-0.05, 0) is 41.8 Å². The van der Waals surface area contributed by atoms with E-state index in [1.165, 1.54) is 11.1 Å². The average Bonchev–Trinajstić information content (AvgIpc) is 2.47. The van der Waals surface area contributed by atoms with Gasteiger partial charge in [-0.1, -0.05) is 13.0 Å². The van der Waals surface area contributed by atoms with E-state index in [4.69, 9.17) is 4.74 Å². The number of fused-ring (bicyclic) bond motifs is 1. The van der Waals surface area contributed by atoms with Crippen LogP contribution in [0.25, 0.3) is 11.1 Å². The number of pyridine rings is 1. The van der Waals surface area contributed by atoms with E-state index in [9.17, 15) is 0 Å². The summed E-state index contributed by atoms with van der Waals surface area (Å²) in [7, 11) is 0. The first-order valence-electron chi connectivity index (χ1n) is 6.33. The third-order valence-electron chi connectivity index (χ3n) is 3.17. The minimum absolute atomic E-state index is 0.738. The van der Waals surface area contributed by atoms with Crippen LogP contribution in [0.1, 0.15) is 12.6 Å². The average molecular weight is 240 g/mol. The Morgan fingerprint density at radius 2 is 2.11 bits per heavy atom. The number of ether oxygens (including phenoxy) is 1. The minimum atomic E-state index is 0.738. The smallest absolute Gasteiger partial charge is 0.142 e. The zero-order chi connectivity index (χ0) is 12.4. The molecule has 18 heavy (non-hydrogen) atoms. The van der Waals surface area contributed by atoms with E-state index in [-0.39, 0.29) is 0 Å². The van der Waals surface area contributed by atoms with Crippen molar-refractivity contribution < 1.29 is 4.74 Å². The molecule has 0 saturated carbocycles. The maximum atomic E-state index is 5.58. The molecule has 1 aromatic heterocycles. The lowest BCUT2D eigenvalue weighted by Gasteiger charge is -2.19. The third-order valence-corrected chi connectivity index (χ3v) is 3.17. The Bertz CT molecular complexity index is 566. The summed E-state index contributed by atoms with van der Waals surface area (Å²) in [4.78, 5) is 4.33. The summed E-state index contributed by atoms with van der Waals surface area (Å²) in [5, 5.41) is 3.36. The van der Waals surface area contributed by atoms with Gasteiger partial charge in [0, 0.05) is 18.4 Å². The summed E-state index contributed by atoms with van der Waals surface area (Å²) in [5.74, 6) is 0.940. The first kappa shape index (κ1) is 11.1. The number of rotatable bonds is 2. The third kappa shape index (κ3) is 2.04. The fourth-order valence-corrected chi connectivity index (χ4v) is 2.17. The summed E-state index contributed by atoms with van der Waals surface area (Å²) in [6.07, 6.45) is 2.83. The molecule has 0 fully saturated rings. The lowest BCUT2D eigenvalue weighted by molar-refractivity contribution is 0.323. The molecule has 3 heteroatoms. The molecule has 1 aliphatic heterocycles. The van der Waals surface area contributed by atoms with Crippen LogP contribution in [0, 0.1) is 0 Å². The monoisotopic (exact) mass is 240 g/mol. The number of hydrogen-bond acceptors (Lipinski definition) is 3. The Kier molecular flexibility index (Phi) is 2.89. The molecule has 0 unspecified atom stereocenters. The number of nitrogens with one attached hydrogen (secondary N) is 1. The van der Waals surface area contributed by atoms with Gasteiger partial charge in [0.15, 0.2) is 0 Å². The predicted octanol–water partition coefficient (Wildman–Crippen LogP) is 3.12. The minimum Gasteiger partial charge on any atom is -0.490 e. The van der Waals surface area contributed by atoms with Gasteiger partial charge in [0.2, 0.25) is 0 Å². The fourth-order valence-electron chi connectivity index (χ4n) is 2.17. The van der Waals surface area contributed by atoms with E-state index >= 15 is 0 Å². The molecule has 0 atom stereocenters. The predicted molar refractivity (Wildman–Crippen MR) is 73.0 cm³/mol. The Morgan fingerprint density at radius 1 is 1.22 bits per heavy atom. The molecule has 0 bridgehead atoms. The molecule has 1 aromatic carbocycles. The van der Waals surface area contributed by atoms with Crippen molar-refractivity contribution in [3.63, 3.8) is 0 Å². The molecule has 3 nitrogen and oxygen atoms in total. The van der Waals surface area contributed by atoms with Crippen molar-refractivity contribution in [3.05, 3.63) is 42.2 Å². The van der Waals surface area contributed by atoms with Gasteiger partial charge in [-0.3, -0.25) is 4.98 Å². The molecule has 2 aromatic rings. The highest BCUT2D eigenvalue weighted by Crippen LogP contribution is 2.32. The van der Waals surface area contributed by atoms with Gasteiger partial charge >= 0.3 is 0 Å². The van der Waals surface area contributed by atoms with Crippen LogP contribution in [-0.4, -0.2) is 18.1 Å². The number of anilines is 1. The number of aromatic nitrogens is 1. The van der Waals surface area contributed by atoms with E-state index in [0.717, 1.165) is 36.7 Å². The van der Waals surface area contributed by atoms with Crippen LogP contribution in [0.5, 0.6) is 5.75 Å². The standard InChI is InChI=1S/C15H16N2O/c1-2-13-9-12(5-6-16-13)11-3-4-15-14(10-11)17-7-8-18-15/h3-6,9-10,17H,2,7-8H2,1H3. The van der Waals surface area contributed by atoms with Gasteiger partial charge in [0.25, 0.3) is 0 Å². The second kappa shape index (κ2) is 4.69. The largest absolute Gasteiger partial charge is 0.490 e. The maximum Gasteiger partial charge on any atom is 0.142 e. The SMILES string of the molecule is CCc1cc(-c2ccc3c(c2)NCCO3)ccn1. The lowest BCUT2D eigenvalue weighted by atomic mass is 10.0. The molecule has 3 rings (SSSR count). The first-order chi connectivity index (χ1) is 8.86. The molecule has 1 N–H and O–H groups in total. The Balaban J connectivity index is 2.00. The molecule has 92 valence electrons. The molecular weight excluding hydrogens is 224 g/mol. The summed E-state index contributed by atoms with van der Waals surface area (Å²) in [5.41, 5.74) is 4.60. The Hall–Kier alpha value is -2.03. The summed E-state index contributed by atoms with van der Waals surface area (Å²) >= 11 is 0. The highest BCUT2D eigenvalue weighted by molar-refractivity contribution is 5.72. The van der Waals surface area contributed by atoms with Crippen LogP contribution in [0.3, 0.4) is 0 Å². The van der Waals surface area contributed by atoms with Crippen LogP contribution in [-0.2, 0) is 6.42 Å². The van der Waals surface area contributed by atoms with E-state index in [1.807, 2.05) is 18.3 Å². The van der Waals surface area contributed by atoms with Gasteiger partial charge < -0.3 is 10.1 Å². The van der Waals surface area contributed by atoms with Crippen molar-refractivity contribution in [1.82, 2.24) is 4.98 Å². The summed E-state index contributed by atoms with van der Waals surface area (Å²) in [6.45, 7) is 3.73. The zero-order valence-electron chi connectivity index (χ0n) is 10.4. The highest BCUT2D eigenvalue weighted by atomic mass is 16.5. The van der Waals surface area contributed by atoms with Crippen molar-refractivity contribution in [1.29, 1.82) is 0 Å². The van der Waals surface area contributed by atoms with Crippen LogP contribution in [0.2, 0.25) is 0 Å². The van der Waals surface area contributed by atoms with Crippen molar-refractivity contribution in [2.45, 2.75) is 13.3 Å². The number of hydrogen-bond donors (Lipinski definition) is 1. The van der Waals surface area contributed by atoms with Gasteiger partial charge in [-0.15, -0.1) is 0 Å². The summed E-state index contributed by atoms with van der Waals surface area (Å²) in [6, 6.07) is 10.5. The van der Waals surface area contributed by atoms with Crippen LogP contribution in [0.4, 0.5) is 5.69 Å². The second-order valence-corrected chi connectivity index (χ2v) is 4.38. The number of benzene rings is 1. The maximum absolute atomic E-state index is 5.58. The topological polar surface area (TPSA) is 34.1 Å². The normalized spacial score (nSPS) is 13.4. The molecule has 0 saturated heterocycles. The zero-order valence-corrected chi connectivity index (χ0v) is 10.4. The number of aryl methyl sites for hydroxylation is 1. The second-order valence-electron chi connectivity index (χ2n) is 4.38. The van der Waals surface area contributed by atoms with Crippen molar-refractivity contribution in [2.24, 2.45) is 0 Å². The molecule has 0 spiro atoms. The van der Waals surface area contributed by atoms with Gasteiger partial charge in [0.1, 0.15) is 12.4 Å². The quantitative estimate of drug-likeness (QED) is 0.875. The lowest BCUT2D eigenvalue weighted by Crippen LogP contribution is -2.17. The van der Waals surface area contributed by atoms with E-state index < -0.39 is 0 Å². The Labute approximate surface area is 107 Å². The summed E-state index contributed by atoms with van der Waals surface area (Å²) < 4.78 is 5.58. The van der Waals surface area contributed by atoms with Crippen molar-refractivity contribution in [3.8, 4) is 16.9 Å². The van der Waals surface area contributed by atoms with Crippen LogP contribution in [0.15, 0.2) is 36.5 Å². The van der Waals surface area contributed by atoms with Gasteiger partial charge in [-0.2, -0.15) is 0 Å². The fraction of sp³-hybridized carbons (Fsp3) is 0.267. The van der Waals surface area contributed by atoms with Crippen LogP contribution < -0.4 is 10.1 Å². The van der Waals surface area contributed by atoms with Gasteiger partial charge in [-0.25, -0.2) is 0 Å². The highest BCUT2D eigenvalue weighted by Gasteiger charge is 2.10. The molecule has 1 aliphatic rings. The molecule has 0 radical (unpaired) electrons. The molecular formula is C15H16N2O. The Morgan fingerprint density at radius 3 is 3.00 bits per heavy atom. The first-order valence-corrected chi connectivity index (χ1v) is 6.33. The van der Waals surface area contributed by atoms with E-state index in [1.54, 1.807) is 0 Å².